The molecule has 156 valence electrons. The number of benzene rings is 2. The van der Waals surface area contributed by atoms with Crippen LogP contribution in [0.3, 0.4) is 0 Å². The first kappa shape index (κ1) is 21.9. The molecule has 0 spiro atoms. The summed E-state index contributed by atoms with van der Waals surface area (Å²) in [5, 5.41) is 14.6. The van der Waals surface area contributed by atoms with Gasteiger partial charge in [0.1, 0.15) is 18.2 Å². The number of rotatable bonds is 9. The number of ether oxygens (including phenoxy) is 1. The van der Waals surface area contributed by atoms with Gasteiger partial charge in [-0.25, -0.2) is 0 Å². The Morgan fingerprint density at radius 1 is 1.13 bits per heavy atom. The minimum absolute atomic E-state index is 0.0921. The van der Waals surface area contributed by atoms with E-state index in [1.807, 2.05) is 37.3 Å². The van der Waals surface area contributed by atoms with E-state index >= 15 is 0 Å². The van der Waals surface area contributed by atoms with E-state index in [4.69, 9.17) is 16.3 Å². The van der Waals surface area contributed by atoms with Crippen LogP contribution in [0.25, 0.3) is 0 Å². The molecule has 3 rings (SSSR count). The first-order valence-corrected chi connectivity index (χ1v) is 10.5. The fraction of sp³-hybridized carbons (Fsp3) is 0.238. The second kappa shape index (κ2) is 10.8. The molecular weight excluding hydrogens is 424 g/mol. The third-order valence-electron chi connectivity index (χ3n) is 4.18. The second-order valence-corrected chi connectivity index (χ2v) is 8.07. The van der Waals surface area contributed by atoms with Crippen molar-refractivity contribution in [3.05, 3.63) is 75.2 Å². The van der Waals surface area contributed by atoms with Gasteiger partial charge in [-0.15, -0.1) is 10.2 Å². The van der Waals surface area contributed by atoms with E-state index in [0.717, 1.165) is 16.9 Å². The van der Waals surface area contributed by atoms with E-state index in [1.54, 1.807) is 24.3 Å². The van der Waals surface area contributed by atoms with Gasteiger partial charge in [0.05, 0.1) is 0 Å². The minimum atomic E-state index is -0.381. The molecule has 0 aliphatic rings. The second-order valence-electron chi connectivity index (χ2n) is 6.57. The Morgan fingerprint density at radius 3 is 2.70 bits per heavy atom. The molecule has 0 aliphatic carbocycles. The standard InChI is InChI=1S/C21H21ClN4O3S/c1-14(15-6-3-2-4-7-15)11-23-18(27)12-29-13-19-25-26-21(30-19)20(28)24-17-9-5-8-16(22)10-17/h2-10,14H,11-13H2,1H3,(H,23,27)(H,24,28). The summed E-state index contributed by atoms with van der Waals surface area (Å²) in [6, 6.07) is 16.8. The average molecular weight is 445 g/mol. The molecule has 0 radical (unpaired) electrons. The molecule has 1 unspecified atom stereocenters. The van der Waals surface area contributed by atoms with Gasteiger partial charge in [0.2, 0.25) is 10.9 Å². The third kappa shape index (κ3) is 6.62. The number of carbonyl (C=O) groups excluding carboxylic acids is 2. The Morgan fingerprint density at radius 2 is 1.93 bits per heavy atom. The first-order valence-electron chi connectivity index (χ1n) is 9.30. The van der Waals surface area contributed by atoms with Gasteiger partial charge in [0.15, 0.2) is 0 Å². The quantitative estimate of drug-likeness (QED) is 0.522. The van der Waals surface area contributed by atoms with Crippen LogP contribution < -0.4 is 10.6 Å². The fourth-order valence-electron chi connectivity index (χ4n) is 2.60. The van der Waals surface area contributed by atoms with Gasteiger partial charge in [-0.05, 0) is 29.7 Å². The van der Waals surface area contributed by atoms with Crippen LogP contribution in [0.4, 0.5) is 5.69 Å². The lowest BCUT2D eigenvalue weighted by Gasteiger charge is -2.13. The Labute approximate surface area is 183 Å². The molecule has 0 aliphatic heterocycles. The van der Waals surface area contributed by atoms with Gasteiger partial charge >= 0.3 is 0 Å². The highest BCUT2D eigenvalue weighted by molar-refractivity contribution is 7.13. The van der Waals surface area contributed by atoms with Crippen LogP contribution in [0, 0.1) is 0 Å². The first-order chi connectivity index (χ1) is 14.5. The van der Waals surface area contributed by atoms with Gasteiger partial charge < -0.3 is 15.4 Å². The van der Waals surface area contributed by atoms with Crippen molar-refractivity contribution in [2.75, 3.05) is 18.5 Å². The summed E-state index contributed by atoms with van der Waals surface area (Å²) in [6.07, 6.45) is 0. The van der Waals surface area contributed by atoms with Crippen LogP contribution in [-0.4, -0.2) is 35.2 Å². The van der Waals surface area contributed by atoms with Crippen LogP contribution >= 0.6 is 22.9 Å². The number of nitrogens with zero attached hydrogens (tertiary/aromatic N) is 2. The topological polar surface area (TPSA) is 93.2 Å². The maximum atomic E-state index is 12.2. The highest BCUT2D eigenvalue weighted by Gasteiger charge is 2.14. The Balaban J connectivity index is 1.39. The lowest BCUT2D eigenvalue weighted by Crippen LogP contribution is -2.30. The van der Waals surface area contributed by atoms with Gasteiger partial charge in [0.25, 0.3) is 5.91 Å². The molecule has 30 heavy (non-hydrogen) atoms. The number of hydrogen-bond acceptors (Lipinski definition) is 6. The normalized spacial score (nSPS) is 11.7. The van der Waals surface area contributed by atoms with Crippen LogP contribution in [0.5, 0.6) is 0 Å². The summed E-state index contributed by atoms with van der Waals surface area (Å²) in [7, 11) is 0. The fourth-order valence-corrected chi connectivity index (χ4v) is 3.47. The van der Waals surface area contributed by atoms with Crippen LogP contribution in [0.2, 0.25) is 5.02 Å². The molecule has 9 heteroatoms. The lowest BCUT2D eigenvalue weighted by atomic mass is 10.0. The summed E-state index contributed by atoms with van der Waals surface area (Å²) >= 11 is 7.01. The third-order valence-corrected chi connectivity index (χ3v) is 5.31. The lowest BCUT2D eigenvalue weighted by molar-refractivity contribution is -0.126. The van der Waals surface area contributed by atoms with Crippen LogP contribution in [0.1, 0.15) is 33.2 Å². The molecule has 2 amide bonds. The number of amides is 2. The van der Waals surface area contributed by atoms with Crippen molar-refractivity contribution in [3.63, 3.8) is 0 Å². The molecule has 1 heterocycles. The molecule has 0 saturated heterocycles. The summed E-state index contributed by atoms with van der Waals surface area (Å²) in [6.45, 7) is 2.58. The molecule has 0 fully saturated rings. The van der Waals surface area contributed by atoms with E-state index < -0.39 is 0 Å². The van der Waals surface area contributed by atoms with Gasteiger partial charge in [-0.2, -0.15) is 0 Å². The SMILES string of the molecule is CC(CNC(=O)COCc1nnc(C(=O)Nc2cccc(Cl)c2)s1)c1ccccc1. The molecular formula is C21H21ClN4O3S. The zero-order chi connectivity index (χ0) is 21.3. The van der Waals surface area contributed by atoms with Gasteiger partial charge in [-0.1, -0.05) is 66.3 Å². The summed E-state index contributed by atoms with van der Waals surface area (Å²) in [5.74, 6) is -0.381. The highest BCUT2D eigenvalue weighted by Crippen LogP contribution is 2.17. The maximum absolute atomic E-state index is 12.2. The highest BCUT2D eigenvalue weighted by atomic mass is 35.5. The predicted octanol–water partition coefficient (Wildman–Crippen LogP) is 3.88. The number of nitrogens with one attached hydrogen (secondary N) is 2. The zero-order valence-corrected chi connectivity index (χ0v) is 17.9. The van der Waals surface area contributed by atoms with Gasteiger partial charge in [0, 0.05) is 17.3 Å². The Hall–Kier alpha value is -2.81. The molecule has 7 nitrogen and oxygen atoms in total. The van der Waals surface area contributed by atoms with E-state index in [9.17, 15) is 9.59 Å². The van der Waals surface area contributed by atoms with Crippen LogP contribution in [-0.2, 0) is 16.1 Å². The number of hydrogen-bond donors (Lipinski definition) is 2. The summed E-state index contributed by atoms with van der Waals surface area (Å²) in [5.41, 5.74) is 1.73. The Kier molecular flexibility index (Phi) is 7.89. The minimum Gasteiger partial charge on any atom is -0.364 e. The average Bonchev–Trinajstić information content (AvgIpc) is 3.22. The smallest absolute Gasteiger partial charge is 0.286 e. The van der Waals surface area contributed by atoms with E-state index in [-0.39, 0.29) is 36.0 Å². The van der Waals surface area contributed by atoms with Crippen LogP contribution in [0.15, 0.2) is 54.6 Å². The van der Waals surface area contributed by atoms with Gasteiger partial charge in [-0.3, -0.25) is 9.59 Å². The van der Waals surface area contributed by atoms with Crippen molar-refractivity contribution in [2.24, 2.45) is 0 Å². The molecule has 1 atom stereocenters. The van der Waals surface area contributed by atoms with Crippen molar-refractivity contribution in [2.45, 2.75) is 19.4 Å². The van der Waals surface area contributed by atoms with Crippen molar-refractivity contribution < 1.29 is 14.3 Å². The summed E-state index contributed by atoms with van der Waals surface area (Å²) in [4.78, 5) is 24.2. The Bertz CT molecular complexity index is 997. The summed E-state index contributed by atoms with van der Waals surface area (Å²) < 4.78 is 5.39. The van der Waals surface area contributed by atoms with Crippen molar-refractivity contribution in [1.29, 1.82) is 0 Å². The van der Waals surface area contributed by atoms with Crippen molar-refractivity contribution in [1.82, 2.24) is 15.5 Å². The zero-order valence-electron chi connectivity index (χ0n) is 16.3. The maximum Gasteiger partial charge on any atom is 0.286 e. The number of aromatic nitrogens is 2. The molecule has 2 aromatic carbocycles. The molecule has 2 N–H and O–H groups in total. The van der Waals surface area contributed by atoms with E-state index in [1.165, 1.54) is 0 Å². The monoisotopic (exact) mass is 444 g/mol. The molecule has 3 aromatic rings. The molecule has 0 bridgehead atoms. The molecule has 0 saturated carbocycles. The van der Waals surface area contributed by atoms with E-state index in [0.29, 0.717) is 22.3 Å². The number of anilines is 1. The predicted molar refractivity (Wildman–Crippen MR) is 117 cm³/mol. The largest absolute Gasteiger partial charge is 0.364 e. The molecule has 1 aromatic heterocycles. The number of carbonyl (C=O) groups is 2. The number of halogens is 1. The van der Waals surface area contributed by atoms with E-state index in [2.05, 4.69) is 20.8 Å². The van der Waals surface area contributed by atoms with Crippen molar-refractivity contribution in [3.8, 4) is 0 Å². The van der Waals surface area contributed by atoms with Crippen molar-refractivity contribution >= 4 is 40.4 Å².